The first-order chi connectivity index (χ1) is 13.3. The van der Waals surface area contributed by atoms with Crippen LogP contribution >= 0.6 is 23.2 Å². The number of rotatable bonds is 8. The van der Waals surface area contributed by atoms with Crippen LogP contribution in [0.25, 0.3) is 6.08 Å². The summed E-state index contributed by atoms with van der Waals surface area (Å²) in [6.07, 6.45) is 3.16. The van der Waals surface area contributed by atoms with Crippen molar-refractivity contribution in [3.05, 3.63) is 56.9 Å². The molecule has 2 aromatic rings. The fourth-order valence-corrected chi connectivity index (χ4v) is 4.26. The maximum atomic E-state index is 12.8. The van der Waals surface area contributed by atoms with E-state index in [4.69, 9.17) is 32.7 Å². The second-order valence-electron chi connectivity index (χ2n) is 5.81. The average molecular weight is 440 g/mol. The van der Waals surface area contributed by atoms with E-state index in [0.717, 1.165) is 12.8 Å². The Hall–Kier alpha value is -2.20. The van der Waals surface area contributed by atoms with Gasteiger partial charge in [-0.3, -0.25) is 0 Å². The van der Waals surface area contributed by atoms with E-state index in [9.17, 15) is 13.7 Å². The summed E-state index contributed by atoms with van der Waals surface area (Å²) in [5.41, 5.74) is 0.470. The SMILES string of the molecule is CCCCOc1ccc(/C=C(\C#N)S(=O)(=O)c2cc(Cl)ccc2Cl)cc1OC. The minimum absolute atomic E-state index is 0.0113. The molecule has 0 amide bonds. The number of benzene rings is 2. The molecule has 0 fully saturated rings. The zero-order valence-electron chi connectivity index (χ0n) is 15.4. The van der Waals surface area contributed by atoms with Crippen LogP contribution in [0.1, 0.15) is 25.3 Å². The van der Waals surface area contributed by atoms with Gasteiger partial charge >= 0.3 is 0 Å². The summed E-state index contributed by atoms with van der Waals surface area (Å²) in [7, 11) is -2.65. The molecule has 0 bridgehead atoms. The summed E-state index contributed by atoms with van der Waals surface area (Å²) < 4.78 is 36.7. The molecule has 0 radical (unpaired) electrons. The highest BCUT2D eigenvalue weighted by Gasteiger charge is 2.24. The molecule has 0 N–H and O–H groups in total. The summed E-state index contributed by atoms with van der Waals surface area (Å²) in [6, 6.07) is 10.7. The van der Waals surface area contributed by atoms with E-state index in [1.807, 2.05) is 0 Å². The van der Waals surface area contributed by atoms with E-state index >= 15 is 0 Å². The van der Waals surface area contributed by atoms with E-state index in [1.165, 1.54) is 31.4 Å². The molecule has 148 valence electrons. The molecule has 0 saturated carbocycles. The van der Waals surface area contributed by atoms with Gasteiger partial charge in [0, 0.05) is 5.02 Å². The van der Waals surface area contributed by atoms with Crippen molar-refractivity contribution in [3.8, 4) is 17.6 Å². The summed E-state index contributed by atoms with van der Waals surface area (Å²) in [5.74, 6) is 0.993. The predicted octanol–water partition coefficient (Wildman–Crippen LogP) is 5.52. The van der Waals surface area contributed by atoms with Crippen LogP contribution in [0.4, 0.5) is 0 Å². The first-order valence-corrected chi connectivity index (χ1v) is 10.7. The van der Waals surface area contributed by atoms with Crippen LogP contribution in [0.15, 0.2) is 46.2 Å². The molecule has 0 saturated heterocycles. The Labute approximate surface area is 175 Å². The lowest BCUT2D eigenvalue weighted by atomic mass is 10.2. The number of nitrogens with zero attached hydrogens (tertiary/aromatic N) is 1. The predicted molar refractivity (Wildman–Crippen MR) is 111 cm³/mol. The molecule has 2 rings (SSSR count). The molecular formula is C20H19Cl2NO4S. The maximum absolute atomic E-state index is 12.8. The minimum Gasteiger partial charge on any atom is -0.493 e. The number of unbranched alkanes of at least 4 members (excludes halogenated alkanes) is 1. The van der Waals surface area contributed by atoms with Crippen molar-refractivity contribution in [1.29, 1.82) is 5.26 Å². The van der Waals surface area contributed by atoms with E-state index in [1.54, 1.807) is 24.3 Å². The first kappa shape index (κ1) is 22.1. The number of allylic oxidation sites excluding steroid dienone is 1. The van der Waals surface area contributed by atoms with Gasteiger partial charge in [-0.2, -0.15) is 5.26 Å². The summed E-state index contributed by atoms with van der Waals surface area (Å²) in [5, 5.41) is 9.63. The third kappa shape index (κ3) is 5.20. The van der Waals surface area contributed by atoms with Crippen molar-refractivity contribution < 1.29 is 17.9 Å². The van der Waals surface area contributed by atoms with Gasteiger partial charge in [0.05, 0.1) is 23.6 Å². The number of hydrogen-bond donors (Lipinski definition) is 0. The van der Waals surface area contributed by atoms with E-state index in [0.29, 0.717) is 23.7 Å². The topological polar surface area (TPSA) is 76.4 Å². The Kier molecular flexibility index (Phi) is 7.76. The lowest BCUT2D eigenvalue weighted by molar-refractivity contribution is 0.288. The molecule has 8 heteroatoms. The number of halogens is 2. The number of methoxy groups -OCH3 is 1. The van der Waals surface area contributed by atoms with E-state index in [-0.39, 0.29) is 14.9 Å². The Morgan fingerprint density at radius 1 is 1.18 bits per heavy atom. The van der Waals surface area contributed by atoms with Crippen molar-refractivity contribution in [2.24, 2.45) is 0 Å². The first-order valence-electron chi connectivity index (χ1n) is 8.46. The third-order valence-electron chi connectivity index (χ3n) is 3.82. The highest BCUT2D eigenvalue weighted by molar-refractivity contribution is 7.95. The van der Waals surface area contributed by atoms with Gasteiger partial charge < -0.3 is 9.47 Å². The van der Waals surface area contributed by atoms with E-state index in [2.05, 4.69) is 6.92 Å². The fourth-order valence-electron chi connectivity index (χ4n) is 2.34. The van der Waals surface area contributed by atoms with Gasteiger partial charge in [0.15, 0.2) is 11.5 Å². The normalized spacial score (nSPS) is 11.8. The van der Waals surface area contributed by atoms with Gasteiger partial charge in [-0.25, -0.2) is 8.42 Å². The molecule has 2 aromatic carbocycles. The minimum atomic E-state index is -4.14. The highest BCUT2D eigenvalue weighted by Crippen LogP contribution is 2.32. The van der Waals surface area contributed by atoms with Crippen LogP contribution in [0.3, 0.4) is 0 Å². The average Bonchev–Trinajstić information content (AvgIpc) is 2.68. The van der Waals surface area contributed by atoms with Gasteiger partial charge in [0.2, 0.25) is 9.84 Å². The molecule has 0 spiro atoms. The van der Waals surface area contributed by atoms with Gasteiger partial charge in [-0.15, -0.1) is 0 Å². The van der Waals surface area contributed by atoms with Crippen molar-refractivity contribution in [2.45, 2.75) is 24.7 Å². The summed E-state index contributed by atoms with van der Waals surface area (Å²) >= 11 is 11.9. The van der Waals surface area contributed by atoms with Gasteiger partial charge in [-0.1, -0.05) is 42.6 Å². The highest BCUT2D eigenvalue weighted by atomic mass is 35.5. The van der Waals surface area contributed by atoms with Gasteiger partial charge in [-0.05, 0) is 48.4 Å². The molecule has 0 aromatic heterocycles. The molecule has 0 heterocycles. The van der Waals surface area contributed by atoms with E-state index < -0.39 is 14.7 Å². The second-order valence-corrected chi connectivity index (χ2v) is 8.54. The Balaban J connectivity index is 2.44. The molecule has 0 aliphatic heterocycles. The quantitative estimate of drug-likeness (QED) is 0.399. The van der Waals surface area contributed by atoms with Crippen molar-refractivity contribution in [3.63, 3.8) is 0 Å². The lowest BCUT2D eigenvalue weighted by Gasteiger charge is -2.11. The monoisotopic (exact) mass is 439 g/mol. The molecule has 0 aliphatic carbocycles. The second kappa shape index (κ2) is 9.83. The molecule has 0 unspecified atom stereocenters. The standard InChI is InChI=1S/C20H19Cl2NO4S/c1-3-4-9-27-18-8-5-14(11-19(18)26-2)10-16(13-23)28(24,25)20-12-15(21)6-7-17(20)22/h5-8,10-12H,3-4,9H2,1-2H3/b16-10+. The Bertz CT molecular complexity index is 1030. The zero-order valence-corrected chi connectivity index (χ0v) is 17.7. The van der Waals surface area contributed by atoms with Crippen LogP contribution in [0.2, 0.25) is 10.0 Å². The third-order valence-corrected chi connectivity index (χ3v) is 6.21. The van der Waals surface area contributed by atoms with Crippen LogP contribution in [-0.4, -0.2) is 22.1 Å². The zero-order chi connectivity index (χ0) is 20.7. The Morgan fingerprint density at radius 2 is 1.93 bits per heavy atom. The summed E-state index contributed by atoms with van der Waals surface area (Å²) in [4.78, 5) is -0.681. The number of hydrogen-bond acceptors (Lipinski definition) is 5. The molecule has 28 heavy (non-hydrogen) atoms. The Morgan fingerprint density at radius 3 is 2.57 bits per heavy atom. The van der Waals surface area contributed by atoms with Crippen LogP contribution < -0.4 is 9.47 Å². The molecular weight excluding hydrogens is 421 g/mol. The van der Waals surface area contributed by atoms with Gasteiger partial charge in [0.25, 0.3) is 0 Å². The van der Waals surface area contributed by atoms with Crippen LogP contribution in [0.5, 0.6) is 11.5 Å². The number of sulfone groups is 1. The van der Waals surface area contributed by atoms with Crippen molar-refractivity contribution >= 4 is 39.1 Å². The van der Waals surface area contributed by atoms with Crippen LogP contribution in [-0.2, 0) is 9.84 Å². The number of ether oxygens (including phenoxy) is 2. The fraction of sp³-hybridized carbons (Fsp3) is 0.250. The molecule has 5 nitrogen and oxygen atoms in total. The largest absolute Gasteiger partial charge is 0.493 e. The van der Waals surface area contributed by atoms with Crippen LogP contribution in [0, 0.1) is 11.3 Å². The maximum Gasteiger partial charge on any atom is 0.218 e. The lowest BCUT2D eigenvalue weighted by Crippen LogP contribution is -2.04. The molecule has 0 aliphatic rings. The summed E-state index contributed by atoms with van der Waals surface area (Å²) in [6.45, 7) is 2.61. The number of nitriles is 1. The molecule has 0 atom stereocenters. The van der Waals surface area contributed by atoms with Gasteiger partial charge in [0.1, 0.15) is 11.0 Å². The van der Waals surface area contributed by atoms with Crippen molar-refractivity contribution in [1.82, 2.24) is 0 Å². The van der Waals surface area contributed by atoms with Crippen molar-refractivity contribution in [2.75, 3.05) is 13.7 Å². The smallest absolute Gasteiger partial charge is 0.218 e.